The number of pyridine rings is 1. The van der Waals surface area contributed by atoms with Gasteiger partial charge in [-0.15, -0.1) is 0 Å². The molecule has 2 aromatic heterocycles. The SMILES string of the molecule is Cc1cnn2cc(C3COCCO3)ccc12. The van der Waals surface area contributed by atoms with Crippen molar-refractivity contribution in [1.29, 1.82) is 0 Å². The Morgan fingerprint density at radius 2 is 2.31 bits per heavy atom. The van der Waals surface area contributed by atoms with E-state index in [0.29, 0.717) is 19.8 Å². The third-order valence-electron chi connectivity index (χ3n) is 2.92. The lowest BCUT2D eigenvalue weighted by Crippen LogP contribution is -2.22. The van der Waals surface area contributed by atoms with Crippen LogP contribution in [0.4, 0.5) is 0 Å². The predicted molar refractivity (Wildman–Crippen MR) is 59.4 cm³/mol. The van der Waals surface area contributed by atoms with Crippen molar-refractivity contribution in [3.63, 3.8) is 0 Å². The normalized spacial score (nSPS) is 21.4. The maximum atomic E-state index is 5.65. The smallest absolute Gasteiger partial charge is 0.107 e. The fourth-order valence-corrected chi connectivity index (χ4v) is 2.00. The first-order valence-corrected chi connectivity index (χ1v) is 5.48. The van der Waals surface area contributed by atoms with E-state index in [1.165, 1.54) is 5.56 Å². The molecule has 84 valence electrons. The third-order valence-corrected chi connectivity index (χ3v) is 2.92. The van der Waals surface area contributed by atoms with Gasteiger partial charge in [0.1, 0.15) is 6.10 Å². The number of hydrogen-bond acceptors (Lipinski definition) is 3. The minimum atomic E-state index is 0.0441. The highest BCUT2D eigenvalue weighted by atomic mass is 16.6. The lowest BCUT2D eigenvalue weighted by atomic mass is 10.1. The topological polar surface area (TPSA) is 35.8 Å². The molecule has 0 amide bonds. The summed E-state index contributed by atoms with van der Waals surface area (Å²) in [7, 11) is 0. The van der Waals surface area contributed by atoms with Crippen LogP contribution in [0, 0.1) is 6.92 Å². The summed E-state index contributed by atoms with van der Waals surface area (Å²) >= 11 is 0. The van der Waals surface area contributed by atoms with Crippen molar-refractivity contribution in [3.05, 3.63) is 35.7 Å². The molecule has 1 unspecified atom stereocenters. The van der Waals surface area contributed by atoms with Gasteiger partial charge >= 0.3 is 0 Å². The quantitative estimate of drug-likeness (QED) is 0.731. The van der Waals surface area contributed by atoms with Crippen LogP contribution in [0.1, 0.15) is 17.2 Å². The fraction of sp³-hybridized carbons (Fsp3) is 0.417. The van der Waals surface area contributed by atoms with Crippen LogP contribution >= 0.6 is 0 Å². The van der Waals surface area contributed by atoms with Crippen molar-refractivity contribution in [1.82, 2.24) is 9.61 Å². The number of rotatable bonds is 1. The maximum absolute atomic E-state index is 5.65. The Bertz CT molecular complexity index is 501. The third kappa shape index (κ3) is 1.60. The second-order valence-corrected chi connectivity index (χ2v) is 4.05. The monoisotopic (exact) mass is 218 g/mol. The molecule has 3 rings (SSSR count). The molecule has 1 aliphatic heterocycles. The average molecular weight is 218 g/mol. The average Bonchev–Trinajstić information content (AvgIpc) is 2.72. The van der Waals surface area contributed by atoms with Gasteiger partial charge in [-0.3, -0.25) is 0 Å². The summed E-state index contributed by atoms with van der Waals surface area (Å²) in [5.41, 5.74) is 3.45. The van der Waals surface area contributed by atoms with Crippen LogP contribution in [0.2, 0.25) is 0 Å². The molecular formula is C12H14N2O2. The van der Waals surface area contributed by atoms with E-state index in [2.05, 4.69) is 24.2 Å². The molecular weight excluding hydrogens is 204 g/mol. The molecule has 0 aromatic carbocycles. The van der Waals surface area contributed by atoms with Gasteiger partial charge in [-0.2, -0.15) is 5.10 Å². The second-order valence-electron chi connectivity index (χ2n) is 4.05. The Hall–Kier alpha value is -1.39. The van der Waals surface area contributed by atoms with E-state index in [1.54, 1.807) is 0 Å². The summed E-state index contributed by atoms with van der Waals surface area (Å²) in [5, 5.41) is 4.29. The Labute approximate surface area is 93.8 Å². The molecule has 1 fully saturated rings. The van der Waals surface area contributed by atoms with E-state index in [4.69, 9.17) is 9.47 Å². The zero-order valence-electron chi connectivity index (χ0n) is 9.22. The largest absolute Gasteiger partial charge is 0.376 e. The minimum absolute atomic E-state index is 0.0441. The van der Waals surface area contributed by atoms with Gasteiger partial charge < -0.3 is 9.47 Å². The molecule has 16 heavy (non-hydrogen) atoms. The Kier molecular flexibility index (Phi) is 2.38. The Morgan fingerprint density at radius 3 is 3.12 bits per heavy atom. The van der Waals surface area contributed by atoms with Gasteiger partial charge in [-0.05, 0) is 18.6 Å². The van der Waals surface area contributed by atoms with E-state index in [-0.39, 0.29) is 6.10 Å². The minimum Gasteiger partial charge on any atom is -0.376 e. The number of aryl methyl sites for hydroxylation is 1. The number of nitrogens with zero attached hydrogens (tertiary/aromatic N) is 2. The fourth-order valence-electron chi connectivity index (χ4n) is 2.00. The zero-order valence-corrected chi connectivity index (χ0v) is 9.22. The van der Waals surface area contributed by atoms with E-state index in [1.807, 2.05) is 16.9 Å². The Balaban J connectivity index is 1.97. The van der Waals surface area contributed by atoms with Gasteiger partial charge in [0.15, 0.2) is 0 Å². The zero-order chi connectivity index (χ0) is 11.0. The number of ether oxygens (including phenoxy) is 2. The summed E-state index contributed by atoms with van der Waals surface area (Å²) in [5.74, 6) is 0. The maximum Gasteiger partial charge on any atom is 0.107 e. The molecule has 0 radical (unpaired) electrons. The molecule has 4 nitrogen and oxygen atoms in total. The number of aromatic nitrogens is 2. The highest BCUT2D eigenvalue weighted by Crippen LogP contribution is 2.21. The molecule has 2 aromatic rings. The molecule has 0 aliphatic carbocycles. The van der Waals surface area contributed by atoms with Gasteiger partial charge in [0.25, 0.3) is 0 Å². The van der Waals surface area contributed by atoms with E-state index < -0.39 is 0 Å². The summed E-state index contributed by atoms with van der Waals surface area (Å²) < 4.78 is 12.9. The van der Waals surface area contributed by atoms with Crippen molar-refractivity contribution in [3.8, 4) is 0 Å². The van der Waals surface area contributed by atoms with Crippen molar-refractivity contribution in [2.24, 2.45) is 0 Å². The molecule has 1 aliphatic rings. The second kappa shape index (κ2) is 3.88. The highest BCUT2D eigenvalue weighted by Gasteiger charge is 2.17. The summed E-state index contributed by atoms with van der Waals surface area (Å²) in [6.45, 7) is 4.05. The van der Waals surface area contributed by atoms with E-state index in [9.17, 15) is 0 Å². The number of hydrogen-bond donors (Lipinski definition) is 0. The number of fused-ring (bicyclic) bond motifs is 1. The van der Waals surface area contributed by atoms with Crippen molar-refractivity contribution in [2.45, 2.75) is 13.0 Å². The Morgan fingerprint density at radius 1 is 1.38 bits per heavy atom. The lowest BCUT2D eigenvalue weighted by Gasteiger charge is -2.23. The molecule has 0 saturated carbocycles. The molecule has 4 heteroatoms. The summed E-state index contributed by atoms with van der Waals surface area (Å²) in [6, 6.07) is 4.17. The summed E-state index contributed by atoms with van der Waals surface area (Å²) in [4.78, 5) is 0. The molecule has 3 heterocycles. The van der Waals surface area contributed by atoms with E-state index >= 15 is 0 Å². The van der Waals surface area contributed by atoms with Crippen LogP contribution in [0.15, 0.2) is 24.5 Å². The van der Waals surface area contributed by atoms with Crippen LogP contribution in [-0.2, 0) is 9.47 Å². The van der Waals surface area contributed by atoms with E-state index in [0.717, 1.165) is 11.1 Å². The molecule has 1 saturated heterocycles. The van der Waals surface area contributed by atoms with Gasteiger partial charge in [-0.1, -0.05) is 6.07 Å². The standard InChI is InChI=1S/C12H14N2O2/c1-9-6-13-14-7-10(2-3-11(9)14)12-8-15-4-5-16-12/h2-3,6-7,12H,4-5,8H2,1H3. The predicted octanol–water partition coefficient (Wildman–Crippen LogP) is 1.73. The van der Waals surface area contributed by atoms with Gasteiger partial charge in [0.05, 0.1) is 31.5 Å². The van der Waals surface area contributed by atoms with Crippen molar-refractivity contribution >= 4 is 5.52 Å². The molecule has 0 bridgehead atoms. The summed E-state index contributed by atoms with van der Waals surface area (Å²) in [6.07, 6.45) is 3.93. The first-order valence-electron chi connectivity index (χ1n) is 5.48. The van der Waals surface area contributed by atoms with Crippen molar-refractivity contribution < 1.29 is 9.47 Å². The van der Waals surface area contributed by atoms with Crippen LogP contribution in [0.25, 0.3) is 5.52 Å². The van der Waals surface area contributed by atoms with Crippen LogP contribution in [0.3, 0.4) is 0 Å². The molecule has 0 N–H and O–H groups in total. The van der Waals surface area contributed by atoms with Crippen LogP contribution in [0.5, 0.6) is 0 Å². The molecule has 1 atom stereocenters. The van der Waals surface area contributed by atoms with Crippen LogP contribution in [-0.4, -0.2) is 29.4 Å². The van der Waals surface area contributed by atoms with Gasteiger partial charge in [0, 0.05) is 11.8 Å². The first-order chi connectivity index (χ1) is 7.84. The molecule has 0 spiro atoms. The lowest BCUT2D eigenvalue weighted by molar-refractivity contribution is -0.0903. The highest BCUT2D eigenvalue weighted by molar-refractivity contribution is 5.53. The van der Waals surface area contributed by atoms with Crippen molar-refractivity contribution in [2.75, 3.05) is 19.8 Å². The van der Waals surface area contributed by atoms with Gasteiger partial charge in [0.2, 0.25) is 0 Å². The first kappa shape index (κ1) is 9.81. The van der Waals surface area contributed by atoms with Crippen LogP contribution < -0.4 is 0 Å². The van der Waals surface area contributed by atoms with Gasteiger partial charge in [-0.25, -0.2) is 4.52 Å².